The average Bonchev–Trinajstić information content (AvgIpc) is 3.50. The number of hydrogen-bond acceptors (Lipinski definition) is 10. The van der Waals surface area contributed by atoms with Gasteiger partial charge in [0.25, 0.3) is 11.7 Å². The Kier molecular flexibility index (Phi) is 12.2. The zero-order valence-corrected chi connectivity index (χ0v) is 35.4. The second-order valence-corrected chi connectivity index (χ2v) is 17.6. The van der Waals surface area contributed by atoms with Gasteiger partial charge in [0.15, 0.2) is 11.0 Å². The van der Waals surface area contributed by atoms with Gasteiger partial charge in [-0.15, -0.1) is 11.3 Å². The van der Waals surface area contributed by atoms with E-state index in [1.807, 2.05) is 18.4 Å². The largest absolute Gasteiger partial charge is 0.464 e. The fourth-order valence-corrected chi connectivity index (χ4v) is 9.22. The maximum Gasteiger partial charge on any atom is 0.324 e. The number of unbranched alkanes of at least 4 members (excludes halogenated alkanes) is 1. The number of nitrogens with one attached hydrogen (secondary N) is 2. The molecular formula is C43H58N7O6S+. The number of methoxy groups -OCH3 is 1. The van der Waals surface area contributed by atoms with Crippen LogP contribution in [0.3, 0.4) is 0 Å². The highest BCUT2D eigenvalue weighted by atomic mass is 32.1. The molecule has 6 bridgehead atoms. The minimum absolute atomic E-state index is 0.149. The number of imidazole rings is 1. The van der Waals surface area contributed by atoms with Crippen LogP contribution in [0.4, 0.5) is 0 Å². The van der Waals surface area contributed by atoms with E-state index in [4.69, 9.17) is 24.2 Å². The summed E-state index contributed by atoms with van der Waals surface area (Å²) in [4.78, 5) is 52.2. The number of fused-ring (bicyclic) bond motifs is 6. The number of aromatic nitrogens is 4. The second kappa shape index (κ2) is 16.9. The first-order valence-corrected chi connectivity index (χ1v) is 21.4. The zero-order valence-electron chi connectivity index (χ0n) is 34.5. The lowest BCUT2D eigenvalue weighted by Gasteiger charge is -2.37. The van der Waals surface area contributed by atoms with Crippen molar-refractivity contribution in [1.29, 1.82) is 0 Å². The maximum atomic E-state index is 14.6. The molecule has 1 saturated carbocycles. The third-order valence-electron chi connectivity index (χ3n) is 12.0. The summed E-state index contributed by atoms with van der Waals surface area (Å²) in [6.45, 7) is 16.7. The van der Waals surface area contributed by atoms with Crippen molar-refractivity contribution in [3.05, 3.63) is 52.6 Å². The van der Waals surface area contributed by atoms with Crippen LogP contribution in [0.25, 0.3) is 33.7 Å². The van der Waals surface area contributed by atoms with Crippen molar-refractivity contribution in [1.82, 2.24) is 30.3 Å². The number of hydrogen-bond donors (Lipinski definition) is 2. The van der Waals surface area contributed by atoms with Crippen molar-refractivity contribution >= 4 is 40.2 Å². The number of benzene rings is 1. The van der Waals surface area contributed by atoms with Gasteiger partial charge >= 0.3 is 5.97 Å². The van der Waals surface area contributed by atoms with Crippen LogP contribution in [0.15, 0.2) is 41.9 Å². The number of esters is 1. The lowest BCUT2D eigenvalue weighted by Crippen LogP contribution is -2.61. The molecule has 4 aromatic rings. The number of amides is 2. The number of carbonyl (C=O) groups excluding carboxylic acids is 3. The number of rotatable bonds is 10. The molecule has 306 valence electrons. The van der Waals surface area contributed by atoms with Crippen molar-refractivity contribution in [3.63, 3.8) is 0 Å². The maximum absolute atomic E-state index is 14.6. The van der Waals surface area contributed by atoms with E-state index < -0.39 is 29.6 Å². The fraction of sp³-hybridized carbons (Fsp3) is 0.581. The smallest absolute Gasteiger partial charge is 0.324 e. The average molecular weight is 801 g/mol. The summed E-state index contributed by atoms with van der Waals surface area (Å²) in [7, 11) is 1.69. The van der Waals surface area contributed by atoms with E-state index in [1.165, 1.54) is 16.3 Å². The van der Waals surface area contributed by atoms with Gasteiger partial charge in [0.2, 0.25) is 5.91 Å². The number of carbonyl (C=O) groups is 3. The van der Waals surface area contributed by atoms with Crippen molar-refractivity contribution in [2.75, 3.05) is 26.9 Å². The molecule has 13 nitrogen and oxygen atoms in total. The van der Waals surface area contributed by atoms with E-state index in [0.717, 1.165) is 52.2 Å². The quantitative estimate of drug-likeness (QED) is 0.110. The number of cyclic esters (lactones) is 1. The number of nitrogens with zero attached hydrogens (tertiary/aromatic N) is 5. The highest BCUT2D eigenvalue weighted by Crippen LogP contribution is 2.46. The topological polar surface area (TPSA) is 141 Å². The number of pyridine rings is 1. The molecule has 1 aliphatic carbocycles. The van der Waals surface area contributed by atoms with Crippen LogP contribution in [-0.2, 0) is 41.7 Å². The molecule has 1 unspecified atom stereocenters. The molecule has 7 rings (SSSR count). The molecule has 14 heteroatoms. The second-order valence-electron chi connectivity index (χ2n) is 16.7. The van der Waals surface area contributed by atoms with Gasteiger partial charge in [0.1, 0.15) is 29.8 Å². The van der Waals surface area contributed by atoms with Crippen LogP contribution >= 0.6 is 11.3 Å². The van der Waals surface area contributed by atoms with Crippen LogP contribution in [0.1, 0.15) is 97.1 Å². The summed E-state index contributed by atoms with van der Waals surface area (Å²) in [5.41, 5.74) is 8.15. The molecule has 3 aromatic heterocycles. The normalized spacial score (nSPS) is 25.5. The lowest BCUT2D eigenvalue weighted by atomic mass is 9.94. The van der Waals surface area contributed by atoms with Crippen LogP contribution < -0.4 is 15.3 Å². The summed E-state index contributed by atoms with van der Waals surface area (Å²) in [5.74, 6) is 0.272. The summed E-state index contributed by atoms with van der Waals surface area (Å²) >= 11 is 1.42. The van der Waals surface area contributed by atoms with Gasteiger partial charge in [-0.25, -0.2) is 19.5 Å². The Labute approximate surface area is 339 Å². The molecule has 0 radical (unpaired) electrons. The predicted molar refractivity (Wildman–Crippen MR) is 218 cm³/mol. The standard InChI is InChI=1S/C43H57N7O6S/c1-9-11-20-55-37-36(46-38(51)34-25(3)26(34)4)41(52)50-19-13-15-30(47-50)42(53)56-24-43(6,7)23-49-33-21-28(31-22-57-39(37)45-31)16-17-32(33)48(10-2)40(49)29-14-12-18-44-35(29)27(5)54-8/h12,14,16-18,21-22,25-27,30,34,36-37,47H,9-11,13,15,19-20,23-24H2,1-8H3/p+1/t25-,26+,27-,30-,34?,36-,37-/m0/s1. The van der Waals surface area contributed by atoms with Gasteiger partial charge in [-0.05, 0) is 75.3 Å². The first-order valence-electron chi connectivity index (χ1n) is 20.5. The molecule has 7 atom stereocenters. The van der Waals surface area contributed by atoms with Crippen LogP contribution in [0.2, 0.25) is 0 Å². The molecule has 2 aliphatic heterocycles. The Morgan fingerprint density at radius 3 is 2.70 bits per heavy atom. The Hall–Kier alpha value is -4.24. The Morgan fingerprint density at radius 1 is 1.19 bits per heavy atom. The van der Waals surface area contributed by atoms with E-state index in [0.29, 0.717) is 44.1 Å². The van der Waals surface area contributed by atoms with Gasteiger partial charge in [-0.1, -0.05) is 41.0 Å². The highest BCUT2D eigenvalue weighted by molar-refractivity contribution is 7.10. The molecular weight excluding hydrogens is 743 g/mol. The summed E-state index contributed by atoms with van der Waals surface area (Å²) < 4.78 is 23.1. The molecule has 1 saturated heterocycles. The minimum atomic E-state index is -1.07. The van der Waals surface area contributed by atoms with E-state index in [9.17, 15) is 14.4 Å². The number of hydrazine groups is 1. The van der Waals surface area contributed by atoms with Crippen molar-refractivity contribution in [2.24, 2.45) is 23.2 Å². The predicted octanol–water partition coefficient (Wildman–Crippen LogP) is 6.16. The summed E-state index contributed by atoms with van der Waals surface area (Å²) in [6, 6.07) is 8.63. The lowest BCUT2D eigenvalue weighted by molar-refractivity contribution is -0.657. The Balaban J connectivity index is 1.40. The minimum Gasteiger partial charge on any atom is -0.464 e. The molecule has 2 fully saturated rings. The van der Waals surface area contributed by atoms with Crippen molar-refractivity contribution in [3.8, 4) is 22.6 Å². The number of ether oxygens (including phenoxy) is 3. The molecule has 1 aromatic carbocycles. The molecule has 3 aliphatic rings. The van der Waals surface area contributed by atoms with E-state index in [-0.39, 0.29) is 42.3 Å². The number of thiazole rings is 1. The Morgan fingerprint density at radius 2 is 1.98 bits per heavy atom. The Bertz CT molecular complexity index is 2110. The third-order valence-corrected chi connectivity index (χ3v) is 12.9. The monoisotopic (exact) mass is 800 g/mol. The van der Waals surface area contributed by atoms with Crippen LogP contribution in [-0.4, -0.2) is 76.3 Å². The zero-order chi connectivity index (χ0) is 40.6. The molecule has 57 heavy (non-hydrogen) atoms. The first kappa shape index (κ1) is 40.9. The first-order chi connectivity index (χ1) is 27.4. The van der Waals surface area contributed by atoms with Crippen LogP contribution in [0, 0.1) is 23.2 Å². The van der Waals surface area contributed by atoms with Crippen molar-refractivity contribution in [2.45, 2.75) is 112 Å². The van der Waals surface area contributed by atoms with E-state index >= 15 is 0 Å². The van der Waals surface area contributed by atoms with E-state index in [2.05, 4.69) is 85.7 Å². The molecule has 0 spiro atoms. The third kappa shape index (κ3) is 8.23. The van der Waals surface area contributed by atoms with Gasteiger partial charge in [-0.2, -0.15) is 0 Å². The van der Waals surface area contributed by atoms with E-state index in [1.54, 1.807) is 13.3 Å². The fourth-order valence-electron chi connectivity index (χ4n) is 8.31. The highest BCUT2D eigenvalue weighted by Gasteiger charge is 2.50. The van der Waals surface area contributed by atoms with Crippen LogP contribution in [0.5, 0.6) is 0 Å². The molecule has 5 heterocycles. The van der Waals surface area contributed by atoms with Gasteiger partial charge < -0.3 is 19.5 Å². The summed E-state index contributed by atoms with van der Waals surface area (Å²) in [6.07, 6.45) is 3.48. The summed E-state index contributed by atoms with van der Waals surface area (Å²) in [5, 5.41) is 7.19. The number of aryl methyl sites for hydroxylation is 1. The molecule has 2 amide bonds. The van der Waals surface area contributed by atoms with Gasteiger partial charge in [0, 0.05) is 48.7 Å². The van der Waals surface area contributed by atoms with Gasteiger partial charge in [-0.3, -0.25) is 24.4 Å². The molecule has 2 N–H and O–H groups in total. The SMILES string of the molecule is CCCCO[C@@H]1c2nc(cs2)-c2ccc3c(c2)n(c(-c2cccnc2[C@H](C)OC)[n+]3CC)CC(C)(C)COC(=O)[C@@H]2CCCN(N2)C(=O)[C@H]1NC(=O)C1[C@@H](C)[C@H]1C. The van der Waals surface area contributed by atoms with Gasteiger partial charge in [0.05, 0.1) is 36.1 Å². The van der Waals surface area contributed by atoms with Crippen molar-refractivity contribution < 1.29 is 33.2 Å².